The predicted octanol–water partition coefficient (Wildman–Crippen LogP) is 3.47. The average Bonchev–Trinajstić information content (AvgIpc) is 2.44. The summed E-state index contributed by atoms with van der Waals surface area (Å²) < 4.78 is 6.81. The first-order valence-electron chi connectivity index (χ1n) is 7.10. The Balaban J connectivity index is 2.23. The quantitative estimate of drug-likeness (QED) is 0.564. The summed E-state index contributed by atoms with van der Waals surface area (Å²) in [6.07, 6.45) is 1.90. The van der Waals surface area contributed by atoms with Crippen molar-refractivity contribution >= 4 is 34.2 Å². The molecule has 4 nitrogen and oxygen atoms in total. The molecule has 0 N–H and O–H groups in total. The minimum absolute atomic E-state index is 0.0729. The molecule has 0 saturated carbocycles. The van der Waals surface area contributed by atoms with E-state index < -0.39 is 0 Å². The lowest BCUT2D eigenvalue weighted by Crippen LogP contribution is -2.42. The van der Waals surface area contributed by atoms with Crippen molar-refractivity contribution in [1.82, 2.24) is 14.9 Å². The van der Waals surface area contributed by atoms with Gasteiger partial charge < -0.3 is 4.74 Å². The van der Waals surface area contributed by atoms with Gasteiger partial charge in [0.05, 0.1) is 15.9 Å². The molecule has 0 radical (unpaired) electrons. The molecule has 1 saturated heterocycles. The van der Waals surface area contributed by atoms with Crippen LogP contribution in [-0.4, -0.2) is 40.6 Å². The lowest BCUT2D eigenvalue weighted by atomic mass is 10.2. The number of rotatable bonds is 4. The number of hydrogen-bond acceptors (Lipinski definition) is 4. The number of halogens is 2. The van der Waals surface area contributed by atoms with E-state index in [1.165, 1.54) is 0 Å². The highest BCUT2D eigenvalue weighted by Gasteiger charge is 2.26. The largest absolute Gasteiger partial charge is 0.368 e. The molecule has 0 spiro atoms. The number of ether oxygens (including phenoxy) is 1. The molecular weight excluding hydrogens is 389 g/mol. The van der Waals surface area contributed by atoms with Crippen molar-refractivity contribution in [3.05, 3.63) is 20.2 Å². The number of morpholine rings is 1. The third kappa shape index (κ3) is 3.81. The Morgan fingerprint density at radius 3 is 2.85 bits per heavy atom. The summed E-state index contributed by atoms with van der Waals surface area (Å²) >= 11 is 8.47. The van der Waals surface area contributed by atoms with Crippen molar-refractivity contribution in [3.63, 3.8) is 0 Å². The van der Waals surface area contributed by atoms with Crippen LogP contribution in [0.4, 0.5) is 0 Å². The number of hydrogen-bond donors (Lipinski definition) is 0. The molecule has 1 aromatic heterocycles. The lowest BCUT2D eigenvalue weighted by Gasteiger charge is -2.34. The van der Waals surface area contributed by atoms with Gasteiger partial charge in [-0.05, 0) is 42.9 Å². The van der Waals surface area contributed by atoms with E-state index in [1.54, 1.807) is 0 Å². The molecule has 0 aromatic carbocycles. The van der Waals surface area contributed by atoms with E-state index in [0.717, 1.165) is 47.6 Å². The second kappa shape index (κ2) is 7.33. The van der Waals surface area contributed by atoms with Crippen LogP contribution in [0.25, 0.3) is 0 Å². The zero-order valence-electron chi connectivity index (χ0n) is 12.2. The molecule has 1 aliphatic rings. The number of aromatic nitrogens is 2. The van der Waals surface area contributed by atoms with Crippen molar-refractivity contribution in [1.29, 1.82) is 0 Å². The van der Waals surface area contributed by atoms with Gasteiger partial charge in [0.2, 0.25) is 0 Å². The molecule has 0 aliphatic carbocycles. The van der Waals surface area contributed by atoms with E-state index in [4.69, 9.17) is 16.3 Å². The maximum Gasteiger partial charge on any atom is 0.160 e. The zero-order valence-corrected chi connectivity index (χ0v) is 15.1. The fraction of sp³-hybridized carbons (Fsp3) is 0.714. The summed E-state index contributed by atoms with van der Waals surface area (Å²) in [5, 5.41) is 0.546. The van der Waals surface area contributed by atoms with Gasteiger partial charge in [0.1, 0.15) is 11.3 Å². The van der Waals surface area contributed by atoms with Gasteiger partial charge in [-0.1, -0.05) is 24.9 Å². The van der Waals surface area contributed by atoms with Crippen molar-refractivity contribution in [2.75, 3.05) is 19.7 Å². The monoisotopic (exact) mass is 409 g/mol. The summed E-state index contributed by atoms with van der Waals surface area (Å²) in [6.45, 7) is 9.07. The SMILES string of the molecule is CCCc1nc(C2CN(C(C)C)CCO2)nc(Cl)c1I. The van der Waals surface area contributed by atoms with E-state index in [0.29, 0.717) is 11.2 Å². The normalized spacial score (nSPS) is 20.6. The predicted molar refractivity (Wildman–Crippen MR) is 89.2 cm³/mol. The summed E-state index contributed by atoms with van der Waals surface area (Å²) in [4.78, 5) is 11.5. The Kier molecular flexibility index (Phi) is 6.01. The summed E-state index contributed by atoms with van der Waals surface area (Å²) in [5.41, 5.74) is 1.04. The Hall–Kier alpha value is 0.0200. The first-order valence-corrected chi connectivity index (χ1v) is 8.56. The van der Waals surface area contributed by atoms with Crippen molar-refractivity contribution in [2.45, 2.75) is 45.8 Å². The molecule has 2 heterocycles. The van der Waals surface area contributed by atoms with Gasteiger partial charge >= 0.3 is 0 Å². The number of aryl methyl sites for hydroxylation is 1. The molecule has 1 fully saturated rings. The second-order valence-corrected chi connectivity index (χ2v) is 6.77. The van der Waals surface area contributed by atoms with Crippen molar-refractivity contribution in [2.24, 2.45) is 0 Å². The Morgan fingerprint density at radius 1 is 1.45 bits per heavy atom. The molecule has 2 rings (SSSR count). The van der Waals surface area contributed by atoms with Gasteiger partial charge in [0.25, 0.3) is 0 Å². The second-order valence-electron chi connectivity index (χ2n) is 5.33. The van der Waals surface area contributed by atoms with Crippen LogP contribution in [-0.2, 0) is 11.2 Å². The standard InChI is InChI=1S/C14H21ClIN3O/c1-4-5-10-12(16)13(15)18-14(17-10)11-8-19(9(2)3)6-7-20-11/h9,11H,4-8H2,1-3H3. The van der Waals surface area contributed by atoms with Crippen molar-refractivity contribution < 1.29 is 4.74 Å². The topological polar surface area (TPSA) is 38.2 Å². The summed E-state index contributed by atoms with van der Waals surface area (Å²) in [6, 6.07) is 0.510. The third-order valence-corrected chi connectivity index (χ3v) is 5.23. The van der Waals surface area contributed by atoms with Crippen LogP contribution >= 0.6 is 34.2 Å². The smallest absolute Gasteiger partial charge is 0.160 e. The summed E-state index contributed by atoms with van der Waals surface area (Å²) in [5.74, 6) is 0.726. The molecular formula is C14H21ClIN3O. The lowest BCUT2D eigenvalue weighted by molar-refractivity contribution is -0.0443. The zero-order chi connectivity index (χ0) is 14.7. The highest BCUT2D eigenvalue weighted by atomic mass is 127. The van der Waals surface area contributed by atoms with E-state index in [-0.39, 0.29) is 6.10 Å². The average molecular weight is 410 g/mol. The van der Waals surface area contributed by atoms with Gasteiger partial charge in [0, 0.05) is 19.1 Å². The first-order chi connectivity index (χ1) is 9.52. The van der Waals surface area contributed by atoms with Crippen LogP contribution < -0.4 is 0 Å². The van der Waals surface area contributed by atoms with E-state index in [2.05, 4.69) is 58.2 Å². The van der Waals surface area contributed by atoms with Gasteiger partial charge in [-0.3, -0.25) is 4.90 Å². The minimum atomic E-state index is -0.0729. The van der Waals surface area contributed by atoms with Crippen LogP contribution in [0.5, 0.6) is 0 Å². The maximum absolute atomic E-state index is 6.25. The molecule has 1 aromatic rings. The number of nitrogens with zero attached hydrogens (tertiary/aromatic N) is 3. The summed E-state index contributed by atoms with van der Waals surface area (Å²) in [7, 11) is 0. The van der Waals surface area contributed by atoms with Crippen LogP contribution in [0.3, 0.4) is 0 Å². The molecule has 1 unspecified atom stereocenters. The maximum atomic E-state index is 6.25. The Morgan fingerprint density at radius 2 is 2.20 bits per heavy atom. The van der Waals surface area contributed by atoms with Gasteiger partial charge in [-0.25, -0.2) is 9.97 Å². The van der Waals surface area contributed by atoms with Crippen LogP contribution in [0, 0.1) is 3.57 Å². The third-order valence-electron chi connectivity index (χ3n) is 3.50. The molecule has 1 aliphatic heterocycles. The Bertz CT molecular complexity index is 470. The van der Waals surface area contributed by atoms with Gasteiger partial charge in [-0.2, -0.15) is 0 Å². The molecule has 0 bridgehead atoms. The molecule has 20 heavy (non-hydrogen) atoms. The van der Waals surface area contributed by atoms with Crippen LogP contribution in [0.2, 0.25) is 5.15 Å². The van der Waals surface area contributed by atoms with Crippen LogP contribution in [0.15, 0.2) is 0 Å². The molecule has 6 heteroatoms. The van der Waals surface area contributed by atoms with Gasteiger partial charge in [0.15, 0.2) is 5.82 Å². The highest BCUT2D eigenvalue weighted by Crippen LogP contribution is 2.26. The Labute approximate surface area is 139 Å². The molecule has 112 valence electrons. The van der Waals surface area contributed by atoms with Crippen LogP contribution in [0.1, 0.15) is 44.8 Å². The fourth-order valence-electron chi connectivity index (χ4n) is 2.32. The molecule has 0 amide bonds. The van der Waals surface area contributed by atoms with E-state index >= 15 is 0 Å². The van der Waals surface area contributed by atoms with E-state index in [1.807, 2.05) is 0 Å². The first kappa shape index (κ1) is 16.4. The van der Waals surface area contributed by atoms with Crippen molar-refractivity contribution in [3.8, 4) is 0 Å². The minimum Gasteiger partial charge on any atom is -0.368 e. The van der Waals surface area contributed by atoms with E-state index in [9.17, 15) is 0 Å². The fourth-order valence-corrected chi connectivity index (χ4v) is 3.03. The van der Waals surface area contributed by atoms with Gasteiger partial charge in [-0.15, -0.1) is 0 Å². The molecule has 1 atom stereocenters. The highest BCUT2D eigenvalue weighted by molar-refractivity contribution is 14.1.